The first kappa shape index (κ1) is 12.8. The Labute approximate surface area is 113 Å². The first-order chi connectivity index (χ1) is 9.19. The van der Waals surface area contributed by atoms with Crippen LogP contribution in [0, 0.1) is 5.82 Å². The van der Waals surface area contributed by atoms with Gasteiger partial charge in [-0.05, 0) is 26.0 Å². The molecule has 0 radical (unpaired) electrons. The Balaban J connectivity index is 1.77. The molecule has 4 nitrogen and oxygen atoms in total. The molecule has 2 fully saturated rings. The normalized spacial score (nSPS) is 23.8. The van der Waals surface area contributed by atoms with Gasteiger partial charge in [0.05, 0.1) is 24.1 Å². The molecule has 19 heavy (non-hydrogen) atoms. The molecule has 2 aliphatic rings. The van der Waals surface area contributed by atoms with E-state index in [0.717, 1.165) is 39.0 Å². The zero-order valence-corrected chi connectivity index (χ0v) is 11.3. The molecule has 2 aliphatic heterocycles. The number of piperidine rings is 1. The van der Waals surface area contributed by atoms with Gasteiger partial charge in [-0.15, -0.1) is 0 Å². The molecule has 0 aromatic carbocycles. The van der Waals surface area contributed by atoms with Crippen molar-refractivity contribution < 1.29 is 9.13 Å². The Bertz CT molecular complexity index is 446. The Hall–Kier alpha value is -1.20. The lowest BCUT2D eigenvalue weighted by atomic mass is 9.89. The first-order valence-corrected chi connectivity index (χ1v) is 6.86. The second-order valence-electron chi connectivity index (χ2n) is 5.58. The van der Waals surface area contributed by atoms with Crippen molar-refractivity contribution in [3.05, 3.63) is 24.3 Å². The number of aromatic nitrogens is 1. The second-order valence-corrected chi connectivity index (χ2v) is 5.58. The highest BCUT2D eigenvalue weighted by molar-refractivity contribution is 5.47. The number of pyridine rings is 1. The summed E-state index contributed by atoms with van der Waals surface area (Å²) in [4.78, 5) is 8.24. The van der Waals surface area contributed by atoms with Crippen molar-refractivity contribution in [1.82, 2.24) is 9.88 Å². The van der Waals surface area contributed by atoms with Gasteiger partial charge in [0, 0.05) is 32.4 Å². The molecule has 0 bridgehead atoms. The standard InChI is InChI=1S/C14H20FN3O/c1-17-6-3-14(4-7-17)11-18(8-9-19-14)13-2-5-16-10-12(13)15/h2,5,10H,3-4,6-9,11H2,1H3. The lowest BCUT2D eigenvalue weighted by Gasteiger charge is -2.47. The molecular formula is C14H20FN3O. The van der Waals surface area contributed by atoms with Crippen molar-refractivity contribution >= 4 is 5.69 Å². The van der Waals surface area contributed by atoms with Crippen LogP contribution in [0.3, 0.4) is 0 Å². The van der Waals surface area contributed by atoms with E-state index in [1.54, 1.807) is 12.3 Å². The van der Waals surface area contributed by atoms with Gasteiger partial charge in [-0.1, -0.05) is 0 Å². The van der Waals surface area contributed by atoms with Gasteiger partial charge in [-0.2, -0.15) is 0 Å². The smallest absolute Gasteiger partial charge is 0.164 e. The highest BCUT2D eigenvalue weighted by atomic mass is 19.1. The molecule has 0 amide bonds. The predicted octanol–water partition coefficient (Wildman–Crippen LogP) is 1.52. The molecule has 0 aliphatic carbocycles. The van der Waals surface area contributed by atoms with E-state index in [4.69, 9.17) is 4.74 Å². The molecule has 0 N–H and O–H groups in total. The number of halogens is 1. The van der Waals surface area contributed by atoms with Crippen LogP contribution in [0.5, 0.6) is 0 Å². The number of morpholine rings is 1. The Morgan fingerprint density at radius 1 is 1.32 bits per heavy atom. The van der Waals surface area contributed by atoms with Crippen LogP contribution in [0.15, 0.2) is 18.5 Å². The lowest BCUT2D eigenvalue weighted by molar-refractivity contribution is -0.0884. The zero-order valence-electron chi connectivity index (χ0n) is 11.3. The quantitative estimate of drug-likeness (QED) is 0.770. The summed E-state index contributed by atoms with van der Waals surface area (Å²) >= 11 is 0. The summed E-state index contributed by atoms with van der Waals surface area (Å²) in [6.07, 6.45) is 4.97. The second kappa shape index (κ2) is 5.06. The molecule has 1 aromatic heterocycles. The summed E-state index contributed by atoms with van der Waals surface area (Å²) in [5.74, 6) is -0.243. The molecular weight excluding hydrogens is 245 g/mol. The van der Waals surface area contributed by atoms with Crippen LogP contribution in [0.2, 0.25) is 0 Å². The minimum Gasteiger partial charge on any atom is -0.371 e. The van der Waals surface area contributed by atoms with Gasteiger partial charge < -0.3 is 14.5 Å². The van der Waals surface area contributed by atoms with Gasteiger partial charge in [-0.25, -0.2) is 4.39 Å². The molecule has 3 rings (SSSR count). The van der Waals surface area contributed by atoms with Crippen LogP contribution in [0.4, 0.5) is 10.1 Å². The third kappa shape index (κ3) is 2.58. The zero-order chi connectivity index (χ0) is 13.3. The van der Waals surface area contributed by atoms with E-state index in [2.05, 4.69) is 21.8 Å². The van der Waals surface area contributed by atoms with Crippen LogP contribution in [-0.2, 0) is 4.74 Å². The summed E-state index contributed by atoms with van der Waals surface area (Å²) in [7, 11) is 2.13. The van der Waals surface area contributed by atoms with E-state index in [-0.39, 0.29) is 11.4 Å². The Morgan fingerprint density at radius 2 is 2.11 bits per heavy atom. The van der Waals surface area contributed by atoms with E-state index < -0.39 is 0 Å². The average molecular weight is 265 g/mol. The predicted molar refractivity (Wildman–Crippen MR) is 71.8 cm³/mol. The number of rotatable bonds is 1. The SMILES string of the molecule is CN1CCC2(CC1)CN(c1ccncc1F)CCO2. The molecule has 0 unspecified atom stereocenters. The fraction of sp³-hybridized carbons (Fsp3) is 0.643. The van der Waals surface area contributed by atoms with E-state index in [9.17, 15) is 4.39 Å². The van der Waals surface area contributed by atoms with E-state index >= 15 is 0 Å². The van der Waals surface area contributed by atoms with Crippen molar-refractivity contribution in [3.63, 3.8) is 0 Å². The van der Waals surface area contributed by atoms with Crippen LogP contribution in [0.25, 0.3) is 0 Å². The van der Waals surface area contributed by atoms with Crippen molar-refractivity contribution in [2.24, 2.45) is 0 Å². The Morgan fingerprint density at radius 3 is 2.84 bits per heavy atom. The maximum absolute atomic E-state index is 13.8. The van der Waals surface area contributed by atoms with Crippen molar-refractivity contribution in [2.45, 2.75) is 18.4 Å². The monoisotopic (exact) mass is 265 g/mol. The van der Waals surface area contributed by atoms with Crippen LogP contribution in [-0.4, -0.2) is 55.3 Å². The fourth-order valence-corrected chi connectivity index (χ4v) is 3.00. The minimum atomic E-state index is -0.243. The third-order valence-corrected chi connectivity index (χ3v) is 4.24. The van der Waals surface area contributed by atoms with Crippen molar-refractivity contribution in [1.29, 1.82) is 0 Å². The van der Waals surface area contributed by atoms with Crippen molar-refractivity contribution in [3.8, 4) is 0 Å². The van der Waals surface area contributed by atoms with E-state index in [0.29, 0.717) is 12.3 Å². The molecule has 2 saturated heterocycles. The topological polar surface area (TPSA) is 28.6 Å². The van der Waals surface area contributed by atoms with E-state index in [1.807, 2.05) is 0 Å². The first-order valence-electron chi connectivity index (χ1n) is 6.86. The summed E-state index contributed by atoms with van der Waals surface area (Å²) in [5.41, 5.74) is 0.553. The maximum Gasteiger partial charge on any atom is 0.164 e. The molecule has 104 valence electrons. The van der Waals surface area contributed by atoms with Crippen LogP contribution < -0.4 is 4.90 Å². The largest absolute Gasteiger partial charge is 0.371 e. The summed E-state index contributed by atoms with van der Waals surface area (Å²) < 4.78 is 19.9. The van der Waals surface area contributed by atoms with Gasteiger partial charge in [0.25, 0.3) is 0 Å². The summed E-state index contributed by atoms with van der Waals surface area (Å²) in [6, 6.07) is 1.75. The van der Waals surface area contributed by atoms with Crippen LogP contribution in [0.1, 0.15) is 12.8 Å². The molecule has 0 saturated carbocycles. The highest BCUT2D eigenvalue weighted by Crippen LogP contribution is 2.32. The lowest BCUT2D eigenvalue weighted by Crippen LogP contribution is -2.56. The molecule has 1 aromatic rings. The maximum atomic E-state index is 13.8. The Kier molecular flexibility index (Phi) is 3.41. The molecule has 0 atom stereocenters. The minimum absolute atomic E-state index is 0.0968. The van der Waals surface area contributed by atoms with Gasteiger partial charge in [-0.3, -0.25) is 4.98 Å². The van der Waals surface area contributed by atoms with Gasteiger partial charge in [0.1, 0.15) is 0 Å². The number of anilines is 1. The van der Waals surface area contributed by atoms with Gasteiger partial charge >= 0.3 is 0 Å². The number of hydrogen-bond donors (Lipinski definition) is 0. The number of likely N-dealkylation sites (tertiary alicyclic amines) is 1. The van der Waals surface area contributed by atoms with E-state index in [1.165, 1.54) is 6.20 Å². The highest BCUT2D eigenvalue weighted by Gasteiger charge is 2.39. The molecule has 3 heterocycles. The average Bonchev–Trinajstić information content (AvgIpc) is 2.43. The molecule has 5 heteroatoms. The number of hydrogen-bond acceptors (Lipinski definition) is 4. The van der Waals surface area contributed by atoms with Crippen LogP contribution >= 0.6 is 0 Å². The van der Waals surface area contributed by atoms with Gasteiger partial charge in [0.2, 0.25) is 0 Å². The fourth-order valence-electron chi connectivity index (χ4n) is 3.00. The molecule has 1 spiro atoms. The summed E-state index contributed by atoms with van der Waals surface area (Å²) in [6.45, 7) is 4.30. The number of ether oxygens (including phenoxy) is 1. The van der Waals surface area contributed by atoms with Crippen molar-refractivity contribution in [2.75, 3.05) is 44.7 Å². The van der Waals surface area contributed by atoms with Gasteiger partial charge in [0.15, 0.2) is 5.82 Å². The summed E-state index contributed by atoms with van der Waals surface area (Å²) in [5, 5.41) is 0. The third-order valence-electron chi connectivity index (χ3n) is 4.24. The number of nitrogens with zero attached hydrogens (tertiary/aromatic N) is 3.